The molecule has 104 valence electrons. The second-order valence-electron chi connectivity index (χ2n) is 5.76. The predicted octanol–water partition coefficient (Wildman–Crippen LogP) is 3.28. The molecule has 1 aromatic rings. The van der Waals surface area contributed by atoms with E-state index in [1.165, 1.54) is 0 Å². The van der Waals surface area contributed by atoms with Crippen molar-refractivity contribution < 1.29 is 22.5 Å². The first kappa shape index (κ1) is 14.4. The summed E-state index contributed by atoms with van der Waals surface area (Å²) in [6, 6.07) is 1.92. The minimum atomic E-state index is -1.46. The van der Waals surface area contributed by atoms with Crippen molar-refractivity contribution in [3.05, 3.63) is 35.1 Å². The Labute approximate surface area is 111 Å². The molecule has 0 spiro atoms. The van der Waals surface area contributed by atoms with Crippen molar-refractivity contribution in [2.45, 2.75) is 45.2 Å². The van der Waals surface area contributed by atoms with Gasteiger partial charge in [-0.3, -0.25) is 0 Å². The van der Waals surface area contributed by atoms with E-state index >= 15 is 0 Å². The van der Waals surface area contributed by atoms with Gasteiger partial charge < -0.3 is 9.31 Å². The minimum Gasteiger partial charge on any atom is -0.403 e. The quantitative estimate of drug-likeness (QED) is 0.607. The van der Waals surface area contributed by atoms with Crippen LogP contribution in [-0.2, 0) is 15.6 Å². The van der Waals surface area contributed by atoms with E-state index in [9.17, 15) is 13.2 Å². The van der Waals surface area contributed by atoms with Crippen molar-refractivity contribution >= 4 is 7.12 Å². The van der Waals surface area contributed by atoms with E-state index in [-0.39, 0.29) is 6.32 Å². The molecule has 6 heteroatoms. The van der Waals surface area contributed by atoms with E-state index in [1.807, 2.05) is 27.7 Å². The highest BCUT2D eigenvalue weighted by Gasteiger charge is 2.50. The molecule has 1 saturated heterocycles. The van der Waals surface area contributed by atoms with Crippen LogP contribution in [0.1, 0.15) is 33.3 Å². The lowest BCUT2D eigenvalue weighted by atomic mass is 9.81. The van der Waals surface area contributed by atoms with Gasteiger partial charge in [-0.1, -0.05) is 0 Å². The van der Waals surface area contributed by atoms with Crippen LogP contribution in [0, 0.1) is 17.5 Å². The summed E-state index contributed by atoms with van der Waals surface area (Å²) in [4.78, 5) is 0. The molecule has 0 unspecified atom stereocenters. The van der Waals surface area contributed by atoms with Gasteiger partial charge in [-0.2, -0.15) is 0 Å². The molecular weight excluding hydrogens is 256 g/mol. The minimum absolute atomic E-state index is 0.168. The van der Waals surface area contributed by atoms with Crippen LogP contribution in [0.4, 0.5) is 13.2 Å². The van der Waals surface area contributed by atoms with Gasteiger partial charge in [-0.25, -0.2) is 13.2 Å². The normalized spacial score (nSPS) is 20.9. The lowest BCUT2D eigenvalue weighted by Gasteiger charge is -2.32. The smallest absolute Gasteiger partial charge is 0.403 e. The van der Waals surface area contributed by atoms with Gasteiger partial charge in [0.25, 0.3) is 0 Å². The third kappa shape index (κ3) is 2.65. The maximum absolute atomic E-state index is 13.1. The van der Waals surface area contributed by atoms with E-state index < -0.39 is 35.8 Å². The van der Waals surface area contributed by atoms with E-state index in [4.69, 9.17) is 9.31 Å². The van der Waals surface area contributed by atoms with Gasteiger partial charge in [-0.05, 0) is 45.4 Å². The molecule has 1 fully saturated rings. The fraction of sp³-hybridized carbons (Fsp3) is 0.538. The summed E-state index contributed by atoms with van der Waals surface area (Å²) >= 11 is 0. The zero-order valence-electron chi connectivity index (χ0n) is 11.4. The maximum Gasteiger partial charge on any atom is 0.462 e. The molecule has 19 heavy (non-hydrogen) atoms. The van der Waals surface area contributed by atoms with Crippen LogP contribution in [0.2, 0.25) is 0 Å². The van der Waals surface area contributed by atoms with Gasteiger partial charge in [0.1, 0.15) is 0 Å². The second-order valence-corrected chi connectivity index (χ2v) is 5.76. The SMILES string of the molecule is CC1(C)OB(Cc2cc(F)c(F)c(F)c2)OC1(C)C. The van der Waals surface area contributed by atoms with Gasteiger partial charge in [0.05, 0.1) is 11.2 Å². The average Bonchev–Trinajstić information content (AvgIpc) is 2.43. The standard InChI is InChI=1S/C13H16BF3O2/c1-12(2)13(3,4)19-14(18-12)7-8-5-9(15)11(17)10(16)6-8/h5-6H,7H2,1-4H3. The lowest BCUT2D eigenvalue weighted by Crippen LogP contribution is -2.41. The first-order valence-electron chi connectivity index (χ1n) is 6.11. The Morgan fingerprint density at radius 1 is 0.947 bits per heavy atom. The third-order valence-corrected chi connectivity index (χ3v) is 3.75. The van der Waals surface area contributed by atoms with Crippen molar-refractivity contribution in [3.8, 4) is 0 Å². The molecule has 0 radical (unpaired) electrons. The molecule has 0 bridgehead atoms. The topological polar surface area (TPSA) is 18.5 Å². The molecule has 0 amide bonds. The van der Waals surface area contributed by atoms with E-state index in [0.717, 1.165) is 12.1 Å². The van der Waals surface area contributed by atoms with Crippen LogP contribution in [0.25, 0.3) is 0 Å². The molecule has 0 aromatic heterocycles. The Hall–Kier alpha value is -1.01. The highest BCUT2D eigenvalue weighted by molar-refractivity contribution is 6.45. The fourth-order valence-corrected chi connectivity index (χ4v) is 1.97. The molecule has 2 nitrogen and oxygen atoms in total. The molecule has 1 aromatic carbocycles. The number of hydrogen-bond acceptors (Lipinski definition) is 2. The molecule has 1 heterocycles. The van der Waals surface area contributed by atoms with Crippen molar-refractivity contribution in [1.29, 1.82) is 0 Å². The first-order valence-corrected chi connectivity index (χ1v) is 6.11. The molecule has 2 rings (SSSR count). The molecule has 1 aliphatic heterocycles. The van der Waals surface area contributed by atoms with Crippen molar-refractivity contribution in [2.24, 2.45) is 0 Å². The monoisotopic (exact) mass is 272 g/mol. The molecule has 1 aliphatic rings. The summed E-state index contributed by atoms with van der Waals surface area (Å²) in [7, 11) is -0.603. The summed E-state index contributed by atoms with van der Waals surface area (Å²) in [6.45, 7) is 7.55. The van der Waals surface area contributed by atoms with Crippen LogP contribution < -0.4 is 0 Å². The van der Waals surface area contributed by atoms with E-state index in [2.05, 4.69) is 0 Å². The van der Waals surface area contributed by atoms with E-state index in [0.29, 0.717) is 5.56 Å². The second kappa shape index (κ2) is 4.53. The highest BCUT2D eigenvalue weighted by atomic mass is 19.2. The summed E-state index contributed by atoms with van der Waals surface area (Å²) in [5, 5.41) is 0. The van der Waals surface area contributed by atoms with Gasteiger partial charge in [0.2, 0.25) is 0 Å². The van der Waals surface area contributed by atoms with Crippen molar-refractivity contribution in [2.75, 3.05) is 0 Å². The molecule has 0 saturated carbocycles. The van der Waals surface area contributed by atoms with Crippen LogP contribution >= 0.6 is 0 Å². The summed E-state index contributed by atoms with van der Waals surface area (Å²) < 4.78 is 50.5. The number of rotatable bonds is 2. The van der Waals surface area contributed by atoms with Crippen LogP contribution in [-0.4, -0.2) is 18.3 Å². The Balaban J connectivity index is 2.16. The predicted molar refractivity (Wildman–Crippen MR) is 66.1 cm³/mol. The van der Waals surface area contributed by atoms with Gasteiger partial charge in [0.15, 0.2) is 17.5 Å². The first-order chi connectivity index (χ1) is 8.62. The van der Waals surface area contributed by atoms with Crippen LogP contribution in [0.15, 0.2) is 12.1 Å². The number of benzene rings is 1. The fourth-order valence-electron chi connectivity index (χ4n) is 1.97. The Morgan fingerprint density at radius 2 is 1.37 bits per heavy atom. The summed E-state index contributed by atoms with van der Waals surface area (Å²) in [5.74, 6) is -3.87. The molecule has 0 atom stereocenters. The van der Waals surface area contributed by atoms with Gasteiger partial charge >= 0.3 is 7.12 Å². The Morgan fingerprint density at radius 3 is 1.79 bits per heavy atom. The molecule has 0 N–H and O–H groups in total. The number of halogens is 3. The van der Waals surface area contributed by atoms with Crippen molar-refractivity contribution in [3.63, 3.8) is 0 Å². The zero-order chi connectivity index (χ0) is 14.4. The molecular formula is C13H16BF3O2. The maximum atomic E-state index is 13.1. The summed E-state index contributed by atoms with van der Waals surface area (Å²) in [5.41, 5.74) is -0.710. The Kier molecular flexibility index (Phi) is 3.43. The average molecular weight is 272 g/mol. The third-order valence-electron chi connectivity index (χ3n) is 3.75. The molecule has 0 aliphatic carbocycles. The zero-order valence-corrected chi connectivity index (χ0v) is 11.4. The largest absolute Gasteiger partial charge is 0.462 e. The van der Waals surface area contributed by atoms with Gasteiger partial charge in [0, 0.05) is 6.32 Å². The lowest BCUT2D eigenvalue weighted by molar-refractivity contribution is 0.00578. The summed E-state index contributed by atoms with van der Waals surface area (Å²) in [6.07, 6.45) is 0.168. The van der Waals surface area contributed by atoms with Crippen LogP contribution in [0.5, 0.6) is 0 Å². The number of hydrogen-bond donors (Lipinski definition) is 0. The van der Waals surface area contributed by atoms with E-state index in [1.54, 1.807) is 0 Å². The van der Waals surface area contributed by atoms with Crippen LogP contribution in [0.3, 0.4) is 0 Å². The highest BCUT2D eigenvalue weighted by Crippen LogP contribution is 2.37. The Bertz CT molecular complexity index is 464. The van der Waals surface area contributed by atoms with Gasteiger partial charge in [-0.15, -0.1) is 0 Å². The van der Waals surface area contributed by atoms with Crippen molar-refractivity contribution in [1.82, 2.24) is 0 Å².